The van der Waals surface area contributed by atoms with Gasteiger partial charge in [0.15, 0.2) is 0 Å². The Morgan fingerprint density at radius 3 is 2.07 bits per heavy atom. The fraction of sp³-hybridized carbons (Fsp3) is 1.00. The molecule has 1 saturated heterocycles. The molecule has 0 spiro atoms. The summed E-state index contributed by atoms with van der Waals surface area (Å²) in [6.07, 6.45) is 8.02. The Kier molecular flexibility index (Phi) is 3.36. The Morgan fingerprint density at radius 1 is 1.13 bits per heavy atom. The Labute approximate surface area is 94.2 Å². The third-order valence-corrected chi connectivity index (χ3v) is 5.02. The van der Waals surface area contributed by atoms with Crippen LogP contribution in [-0.4, -0.2) is 30.1 Å². The van der Waals surface area contributed by atoms with Gasteiger partial charge in [-0.15, -0.1) is 0 Å². The lowest BCUT2D eigenvalue weighted by atomic mass is 9.73. The zero-order valence-corrected chi connectivity index (χ0v) is 10.3. The lowest BCUT2D eigenvalue weighted by Gasteiger charge is -2.48. The summed E-state index contributed by atoms with van der Waals surface area (Å²) >= 11 is 0. The summed E-state index contributed by atoms with van der Waals surface area (Å²) in [6.45, 7) is 7.36. The van der Waals surface area contributed by atoms with E-state index in [4.69, 9.17) is 5.73 Å². The van der Waals surface area contributed by atoms with E-state index in [1.54, 1.807) is 0 Å². The van der Waals surface area contributed by atoms with Crippen LogP contribution in [0, 0.1) is 5.41 Å². The average molecular weight is 210 g/mol. The molecule has 2 heteroatoms. The van der Waals surface area contributed by atoms with Crippen molar-refractivity contribution in [2.45, 2.75) is 64.5 Å². The van der Waals surface area contributed by atoms with Crippen molar-refractivity contribution in [1.29, 1.82) is 0 Å². The summed E-state index contributed by atoms with van der Waals surface area (Å²) in [6, 6.07) is 1.32. The smallest absolute Gasteiger partial charge is 0.0125 e. The van der Waals surface area contributed by atoms with Crippen molar-refractivity contribution < 1.29 is 0 Å². The van der Waals surface area contributed by atoms with Gasteiger partial charge in [-0.25, -0.2) is 0 Å². The Balaban J connectivity index is 1.81. The predicted molar refractivity (Wildman–Crippen MR) is 64.8 cm³/mol. The van der Waals surface area contributed by atoms with E-state index < -0.39 is 0 Å². The normalized spacial score (nSPS) is 36.2. The van der Waals surface area contributed by atoms with Gasteiger partial charge in [-0.3, -0.25) is 0 Å². The maximum absolute atomic E-state index is 5.85. The zero-order chi connectivity index (χ0) is 10.9. The molecule has 2 N–H and O–H groups in total. The third kappa shape index (κ3) is 2.21. The highest BCUT2D eigenvalue weighted by molar-refractivity contribution is 4.93. The summed E-state index contributed by atoms with van der Waals surface area (Å²) in [5.41, 5.74) is 6.52. The SMILES string of the molecule is CCC1(CC)CCN(C2CC(N)C2)CC1. The second kappa shape index (κ2) is 4.42. The lowest BCUT2D eigenvalue weighted by Crippen LogP contribution is -2.54. The molecule has 2 aliphatic rings. The fourth-order valence-corrected chi connectivity index (χ4v) is 3.25. The van der Waals surface area contributed by atoms with Gasteiger partial charge in [0.1, 0.15) is 0 Å². The highest BCUT2D eigenvalue weighted by atomic mass is 15.2. The van der Waals surface area contributed by atoms with Crippen LogP contribution in [-0.2, 0) is 0 Å². The van der Waals surface area contributed by atoms with E-state index in [9.17, 15) is 0 Å². The molecule has 0 radical (unpaired) electrons. The molecule has 1 heterocycles. The van der Waals surface area contributed by atoms with Crippen LogP contribution < -0.4 is 5.73 Å². The fourth-order valence-electron chi connectivity index (χ4n) is 3.25. The number of hydrogen-bond donors (Lipinski definition) is 1. The van der Waals surface area contributed by atoms with Gasteiger partial charge in [0.25, 0.3) is 0 Å². The van der Waals surface area contributed by atoms with E-state index in [1.807, 2.05) is 0 Å². The maximum Gasteiger partial charge on any atom is 0.0125 e. The van der Waals surface area contributed by atoms with Gasteiger partial charge < -0.3 is 10.6 Å². The Morgan fingerprint density at radius 2 is 1.67 bits per heavy atom. The highest BCUT2D eigenvalue weighted by Gasteiger charge is 2.37. The molecule has 2 rings (SSSR count). The maximum atomic E-state index is 5.85. The van der Waals surface area contributed by atoms with Crippen molar-refractivity contribution in [3.05, 3.63) is 0 Å². The van der Waals surface area contributed by atoms with Crippen LogP contribution in [0.1, 0.15) is 52.4 Å². The molecular weight excluding hydrogens is 184 g/mol. The number of likely N-dealkylation sites (tertiary alicyclic amines) is 1. The molecule has 0 atom stereocenters. The molecule has 15 heavy (non-hydrogen) atoms. The molecule has 0 unspecified atom stereocenters. The average Bonchev–Trinajstić information content (AvgIpc) is 2.25. The molecule has 0 aromatic heterocycles. The quantitative estimate of drug-likeness (QED) is 0.775. The van der Waals surface area contributed by atoms with Crippen molar-refractivity contribution >= 4 is 0 Å². The van der Waals surface area contributed by atoms with Gasteiger partial charge in [-0.2, -0.15) is 0 Å². The predicted octanol–water partition coefficient (Wildman–Crippen LogP) is 2.38. The largest absolute Gasteiger partial charge is 0.328 e. The molecule has 0 aromatic rings. The summed E-state index contributed by atoms with van der Waals surface area (Å²) in [5, 5.41) is 0. The molecule has 2 nitrogen and oxygen atoms in total. The van der Waals surface area contributed by atoms with Gasteiger partial charge in [0.05, 0.1) is 0 Å². The van der Waals surface area contributed by atoms with Crippen molar-refractivity contribution in [1.82, 2.24) is 4.90 Å². The van der Waals surface area contributed by atoms with Crippen molar-refractivity contribution in [3.63, 3.8) is 0 Å². The first-order chi connectivity index (χ1) is 7.19. The minimum atomic E-state index is 0.499. The standard InChI is InChI=1S/C13H26N2/c1-3-13(4-2)5-7-15(8-6-13)12-9-11(14)10-12/h11-12H,3-10,14H2,1-2H3. The van der Waals surface area contributed by atoms with E-state index in [1.165, 1.54) is 51.6 Å². The zero-order valence-electron chi connectivity index (χ0n) is 10.3. The second-order valence-electron chi connectivity index (χ2n) is 5.63. The molecule has 0 amide bonds. The van der Waals surface area contributed by atoms with Gasteiger partial charge in [-0.05, 0) is 44.2 Å². The van der Waals surface area contributed by atoms with Crippen LogP contribution in [0.25, 0.3) is 0 Å². The topological polar surface area (TPSA) is 29.3 Å². The number of rotatable bonds is 3. The van der Waals surface area contributed by atoms with Crippen molar-refractivity contribution in [3.8, 4) is 0 Å². The Bertz CT molecular complexity index is 195. The minimum Gasteiger partial charge on any atom is -0.328 e. The van der Waals surface area contributed by atoms with Crippen LogP contribution in [0.15, 0.2) is 0 Å². The van der Waals surface area contributed by atoms with E-state index in [2.05, 4.69) is 18.7 Å². The summed E-state index contributed by atoms with van der Waals surface area (Å²) in [4.78, 5) is 2.69. The number of nitrogens with zero attached hydrogens (tertiary/aromatic N) is 1. The van der Waals surface area contributed by atoms with Crippen LogP contribution in [0.2, 0.25) is 0 Å². The molecule has 88 valence electrons. The molecule has 0 aromatic carbocycles. The molecule has 1 saturated carbocycles. The van der Waals surface area contributed by atoms with Crippen molar-refractivity contribution in [2.75, 3.05) is 13.1 Å². The molecule has 0 bridgehead atoms. The number of piperidine rings is 1. The van der Waals surface area contributed by atoms with E-state index in [0.717, 1.165) is 6.04 Å². The van der Waals surface area contributed by atoms with Crippen LogP contribution >= 0.6 is 0 Å². The number of hydrogen-bond acceptors (Lipinski definition) is 2. The van der Waals surface area contributed by atoms with E-state index in [-0.39, 0.29) is 0 Å². The van der Waals surface area contributed by atoms with Gasteiger partial charge in [-0.1, -0.05) is 26.7 Å². The lowest BCUT2D eigenvalue weighted by molar-refractivity contribution is 0.0318. The van der Waals surface area contributed by atoms with E-state index >= 15 is 0 Å². The molecular formula is C13H26N2. The van der Waals surface area contributed by atoms with E-state index in [0.29, 0.717) is 11.5 Å². The Hall–Kier alpha value is -0.0800. The summed E-state index contributed by atoms with van der Waals surface area (Å²) < 4.78 is 0. The monoisotopic (exact) mass is 210 g/mol. The highest BCUT2D eigenvalue weighted by Crippen LogP contribution is 2.39. The second-order valence-corrected chi connectivity index (χ2v) is 5.63. The third-order valence-electron chi connectivity index (χ3n) is 5.02. The molecule has 1 aliphatic heterocycles. The van der Waals surface area contributed by atoms with Gasteiger partial charge >= 0.3 is 0 Å². The first kappa shape index (κ1) is 11.4. The van der Waals surface area contributed by atoms with Crippen LogP contribution in [0.3, 0.4) is 0 Å². The number of nitrogens with two attached hydrogens (primary N) is 1. The van der Waals surface area contributed by atoms with Gasteiger partial charge in [0, 0.05) is 12.1 Å². The van der Waals surface area contributed by atoms with Crippen molar-refractivity contribution in [2.24, 2.45) is 11.1 Å². The first-order valence-corrected chi connectivity index (χ1v) is 6.69. The van der Waals surface area contributed by atoms with Crippen LogP contribution in [0.4, 0.5) is 0 Å². The molecule has 1 aliphatic carbocycles. The first-order valence-electron chi connectivity index (χ1n) is 6.69. The molecule has 2 fully saturated rings. The summed E-state index contributed by atoms with van der Waals surface area (Å²) in [5.74, 6) is 0. The van der Waals surface area contributed by atoms with Gasteiger partial charge in [0.2, 0.25) is 0 Å². The summed E-state index contributed by atoms with van der Waals surface area (Å²) in [7, 11) is 0. The minimum absolute atomic E-state index is 0.499. The van der Waals surface area contributed by atoms with Crippen LogP contribution in [0.5, 0.6) is 0 Å².